The Morgan fingerprint density at radius 3 is 1.85 bits per heavy atom. The highest BCUT2D eigenvalue weighted by Gasteiger charge is 2.48. The maximum atomic E-state index is 12.4. The molecule has 0 spiro atoms. The number of unbranched alkanes of at least 4 members (excludes halogenated alkanes) is 4. The number of nitrogens with one attached hydrogen (secondary N) is 1. The summed E-state index contributed by atoms with van der Waals surface area (Å²) in [5, 5.41) is 0.500. The molecule has 0 saturated carbocycles. The number of urea groups is 1. The number of rotatable bonds is 21. The standard InChI is InChI=1S/C17H30N4O9S.C16H36N/c1-5-8-19(16(24)29-17(2,3)4)9-10-28-18-14(22)13-7-6-12-11-20(13)15(23)21(12)30-31(25,26)27;1-5-9-13-17(14-10-6-2,15-11-7-3)16-12-8-4/h12-13H,5-11H2,1-4H3,(H,18,22)(H,25,26,27);5-16H2,1-4H3/q;+1/p-1/t12-,13+;/m1./s1. The molecule has 2 aliphatic heterocycles. The smallest absolute Gasteiger partial charge is 0.410 e. The predicted molar refractivity (Wildman–Crippen MR) is 183 cm³/mol. The van der Waals surface area contributed by atoms with Gasteiger partial charge < -0.3 is 23.6 Å². The fourth-order valence-electron chi connectivity index (χ4n) is 5.98. The van der Waals surface area contributed by atoms with Crippen molar-refractivity contribution in [1.82, 2.24) is 20.3 Å². The molecule has 0 aliphatic carbocycles. The largest absolute Gasteiger partial charge is 0.724 e. The number of nitrogens with zero attached hydrogens (tertiary/aromatic N) is 4. The van der Waals surface area contributed by atoms with Gasteiger partial charge in [0.25, 0.3) is 5.91 Å². The molecule has 1 N–H and O–H groups in total. The van der Waals surface area contributed by atoms with E-state index in [0.717, 1.165) is 4.90 Å². The van der Waals surface area contributed by atoms with Gasteiger partial charge in [0.15, 0.2) is 0 Å². The number of carbonyl (C=O) groups excluding carboxylic acids is 3. The summed E-state index contributed by atoms with van der Waals surface area (Å²) in [6, 6.07) is -2.40. The lowest BCUT2D eigenvalue weighted by molar-refractivity contribution is -0.929. The highest BCUT2D eigenvalue weighted by atomic mass is 32.3. The van der Waals surface area contributed by atoms with E-state index in [9.17, 15) is 27.4 Å². The number of fused-ring (bicyclic) bond motifs is 2. The molecule has 2 aliphatic rings. The molecular formula is C33H65N5O9S. The maximum absolute atomic E-state index is 12.4. The van der Waals surface area contributed by atoms with Gasteiger partial charge in [0.1, 0.15) is 11.6 Å². The molecule has 2 saturated heterocycles. The van der Waals surface area contributed by atoms with E-state index in [2.05, 4.69) is 37.5 Å². The number of hydrogen-bond acceptors (Lipinski definition) is 9. The molecule has 0 aromatic heterocycles. The Balaban J connectivity index is 0.000000576. The average Bonchev–Trinajstić information content (AvgIpc) is 3.24. The Labute approximate surface area is 290 Å². The van der Waals surface area contributed by atoms with Gasteiger partial charge in [-0.05, 0) is 65.7 Å². The number of quaternary nitrogens is 1. The first kappa shape index (κ1) is 43.8. The van der Waals surface area contributed by atoms with Crippen molar-refractivity contribution in [2.75, 3.05) is 52.4 Å². The van der Waals surface area contributed by atoms with E-state index in [1.54, 1.807) is 20.8 Å². The number of amides is 4. The van der Waals surface area contributed by atoms with E-state index in [1.807, 2.05) is 6.92 Å². The summed E-state index contributed by atoms with van der Waals surface area (Å²) in [5.41, 5.74) is 1.62. The molecule has 282 valence electrons. The number of hydrogen-bond donors (Lipinski definition) is 1. The summed E-state index contributed by atoms with van der Waals surface area (Å²) in [6.45, 7) is 22.9. The van der Waals surface area contributed by atoms with Gasteiger partial charge in [0.05, 0.1) is 38.8 Å². The number of ether oxygens (including phenoxy) is 1. The zero-order chi connectivity index (χ0) is 36.4. The molecule has 0 radical (unpaired) electrons. The van der Waals surface area contributed by atoms with E-state index in [1.165, 1.54) is 86.9 Å². The summed E-state index contributed by atoms with van der Waals surface area (Å²) < 4.78 is 43.4. The summed E-state index contributed by atoms with van der Waals surface area (Å²) in [5.74, 6) is -0.599. The Morgan fingerprint density at radius 1 is 0.896 bits per heavy atom. The van der Waals surface area contributed by atoms with Crippen molar-refractivity contribution in [2.24, 2.45) is 0 Å². The van der Waals surface area contributed by atoms with Crippen LogP contribution in [0.1, 0.15) is 126 Å². The zero-order valence-corrected chi connectivity index (χ0v) is 31.8. The highest BCUT2D eigenvalue weighted by Crippen LogP contribution is 2.30. The predicted octanol–water partition coefficient (Wildman–Crippen LogP) is 5.35. The second-order valence-electron chi connectivity index (χ2n) is 13.9. The first-order chi connectivity index (χ1) is 22.6. The van der Waals surface area contributed by atoms with E-state index >= 15 is 0 Å². The maximum Gasteiger partial charge on any atom is 0.410 e. The van der Waals surface area contributed by atoms with Crippen LogP contribution in [-0.2, 0) is 29.1 Å². The van der Waals surface area contributed by atoms with Crippen molar-refractivity contribution in [3.05, 3.63) is 0 Å². The average molecular weight is 708 g/mol. The van der Waals surface area contributed by atoms with Crippen molar-refractivity contribution in [2.45, 2.75) is 144 Å². The third-order valence-corrected chi connectivity index (χ3v) is 8.87. The van der Waals surface area contributed by atoms with Crippen LogP contribution in [0.25, 0.3) is 0 Å². The SMILES string of the molecule is CCCC[N+](CCCC)(CCCC)CCCC.CCCN(CCONC(=O)[C@@H]1CC[C@@H]2CN1C(=O)N2OS(=O)(=O)[O-])C(=O)OC(C)(C)C. The Morgan fingerprint density at radius 2 is 1.42 bits per heavy atom. The minimum absolute atomic E-state index is 0.00205. The second-order valence-corrected chi connectivity index (χ2v) is 14.9. The van der Waals surface area contributed by atoms with Crippen molar-refractivity contribution >= 4 is 28.4 Å². The molecule has 0 aromatic carbocycles. The van der Waals surface area contributed by atoms with Gasteiger partial charge in [0.2, 0.25) is 10.4 Å². The summed E-state index contributed by atoms with van der Waals surface area (Å²) >= 11 is 0. The Hall–Kier alpha value is -2.20. The fourth-order valence-corrected chi connectivity index (χ4v) is 6.36. The van der Waals surface area contributed by atoms with E-state index in [0.29, 0.717) is 18.0 Å². The molecule has 2 rings (SSSR count). The number of carbonyl (C=O) groups is 3. The lowest BCUT2D eigenvalue weighted by atomic mass is 10.0. The summed E-state index contributed by atoms with van der Waals surface area (Å²) in [6.07, 6.45) is 11.8. The number of piperidine rings is 1. The van der Waals surface area contributed by atoms with Crippen LogP contribution < -0.4 is 5.48 Å². The van der Waals surface area contributed by atoms with E-state index in [4.69, 9.17) is 9.57 Å². The minimum atomic E-state index is -5.11. The van der Waals surface area contributed by atoms with Crippen molar-refractivity contribution < 1.29 is 45.7 Å². The molecule has 48 heavy (non-hydrogen) atoms. The minimum Gasteiger partial charge on any atom is -0.724 e. The lowest BCUT2D eigenvalue weighted by Gasteiger charge is -2.39. The van der Waals surface area contributed by atoms with Crippen LogP contribution in [0.4, 0.5) is 9.59 Å². The third kappa shape index (κ3) is 16.0. The molecule has 4 amide bonds. The van der Waals surface area contributed by atoms with Gasteiger partial charge in [-0.1, -0.05) is 60.3 Å². The molecule has 14 nitrogen and oxygen atoms in total. The first-order valence-corrected chi connectivity index (χ1v) is 19.4. The van der Waals surface area contributed by atoms with Crippen LogP contribution in [-0.4, -0.2) is 120 Å². The van der Waals surface area contributed by atoms with Crippen LogP contribution in [0.3, 0.4) is 0 Å². The Bertz CT molecular complexity index is 1030. The van der Waals surface area contributed by atoms with Crippen LogP contribution in [0.5, 0.6) is 0 Å². The van der Waals surface area contributed by atoms with Gasteiger partial charge >= 0.3 is 12.1 Å². The second kappa shape index (κ2) is 21.8. The Kier molecular flexibility index (Phi) is 19.9. The molecule has 0 unspecified atom stereocenters. The molecule has 2 atom stereocenters. The van der Waals surface area contributed by atoms with Gasteiger partial charge in [0, 0.05) is 19.6 Å². The fraction of sp³-hybridized carbons (Fsp3) is 0.909. The molecule has 0 aromatic rings. The van der Waals surface area contributed by atoms with Gasteiger partial charge in [-0.2, -0.15) is 9.35 Å². The van der Waals surface area contributed by atoms with E-state index in [-0.39, 0.29) is 32.5 Å². The molecule has 2 heterocycles. The third-order valence-electron chi connectivity index (χ3n) is 8.52. The van der Waals surface area contributed by atoms with E-state index < -0.39 is 46.1 Å². The quantitative estimate of drug-likeness (QED) is 0.0546. The summed E-state index contributed by atoms with van der Waals surface area (Å²) in [4.78, 5) is 44.7. The van der Waals surface area contributed by atoms with Crippen LogP contribution in [0.2, 0.25) is 0 Å². The molecule has 15 heteroatoms. The lowest BCUT2D eigenvalue weighted by Crippen LogP contribution is -2.50. The van der Waals surface area contributed by atoms with Crippen molar-refractivity contribution in [1.29, 1.82) is 0 Å². The zero-order valence-electron chi connectivity index (χ0n) is 31.0. The summed E-state index contributed by atoms with van der Waals surface area (Å²) in [7, 11) is -5.11. The van der Waals surface area contributed by atoms with Crippen LogP contribution >= 0.6 is 0 Å². The van der Waals surface area contributed by atoms with Crippen LogP contribution in [0.15, 0.2) is 0 Å². The highest BCUT2D eigenvalue weighted by molar-refractivity contribution is 7.80. The van der Waals surface area contributed by atoms with Crippen molar-refractivity contribution in [3.63, 3.8) is 0 Å². The normalized spacial score (nSPS) is 18.0. The van der Waals surface area contributed by atoms with Gasteiger partial charge in [-0.15, -0.1) is 0 Å². The molecule has 2 fully saturated rings. The first-order valence-electron chi connectivity index (χ1n) is 18.1. The van der Waals surface area contributed by atoms with Gasteiger partial charge in [-0.3, -0.25) is 9.63 Å². The monoisotopic (exact) mass is 707 g/mol. The molecular weight excluding hydrogens is 642 g/mol. The topological polar surface area (TPSA) is 158 Å². The van der Waals surface area contributed by atoms with Crippen molar-refractivity contribution in [3.8, 4) is 0 Å². The number of hydroxylamine groups is 3. The van der Waals surface area contributed by atoms with Gasteiger partial charge in [-0.25, -0.2) is 23.5 Å². The van der Waals surface area contributed by atoms with Crippen LogP contribution in [0, 0.1) is 0 Å². The molecule has 2 bridgehead atoms.